The van der Waals surface area contributed by atoms with Crippen molar-refractivity contribution in [3.05, 3.63) is 66.7 Å². The lowest BCUT2D eigenvalue weighted by atomic mass is 9.74. The van der Waals surface area contributed by atoms with Gasteiger partial charge >= 0.3 is 7.12 Å². The molecule has 140 valence electrons. The Hall–Kier alpha value is -2.56. The topological polar surface area (TPSA) is 34.2 Å². The smallest absolute Gasteiger partial charge is 0.399 e. The van der Waals surface area contributed by atoms with Gasteiger partial charge in [0.1, 0.15) is 0 Å². The van der Waals surface area contributed by atoms with Crippen LogP contribution in [-0.4, -0.2) is 23.3 Å². The molecule has 0 spiro atoms. The molecule has 1 fully saturated rings. The van der Waals surface area contributed by atoms with Crippen molar-refractivity contribution in [3.63, 3.8) is 0 Å². The molecule has 5 rings (SSSR count). The van der Waals surface area contributed by atoms with Gasteiger partial charge in [0.2, 0.25) is 0 Å². The molecule has 1 aliphatic rings. The lowest BCUT2D eigenvalue weighted by molar-refractivity contribution is 0.00578. The fraction of sp³-hybridized carbons (Fsp3) is 0.250. The maximum atomic E-state index is 6.35. The van der Waals surface area contributed by atoms with E-state index in [2.05, 4.69) is 99.4 Å². The van der Waals surface area contributed by atoms with Gasteiger partial charge in [-0.1, -0.05) is 60.7 Å². The molecule has 1 saturated heterocycles. The molecule has 4 heteroatoms. The Balaban J connectivity index is 1.70. The molecular weight excluding hydrogens is 345 g/mol. The van der Waals surface area contributed by atoms with Crippen molar-refractivity contribution < 1.29 is 9.31 Å². The summed E-state index contributed by atoms with van der Waals surface area (Å²) >= 11 is 0. The Kier molecular flexibility index (Phi) is 3.74. The van der Waals surface area contributed by atoms with Crippen LogP contribution in [0.2, 0.25) is 0 Å². The van der Waals surface area contributed by atoms with E-state index in [-0.39, 0.29) is 18.3 Å². The SMILES string of the molecule is CC1(C)OB(c2ccccc2-c2cccc3c2[nH]c2ccccc23)OC1(C)C. The van der Waals surface area contributed by atoms with Crippen LogP contribution in [0.5, 0.6) is 0 Å². The van der Waals surface area contributed by atoms with E-state index in [1.807, 2.05) is 0 Å². The number of para-hydroxylation sites is 2. The number of fused-ring (bicyclic) bond motifs is 3. The number of rotatable bonds is 2. The van der Waals surface area contributed by atoms with Crippen LogP contribution < -0.4 is 5.46 Å². The van der Waals surface area contributed by atoms with E-state index < -0.39 is 0 Å². The van der Waals surface area contributed by atoms with E-state index in [0.29, 0.717) is 0 Å². The zero-order valence-electron chi connectivity index (χ0n) is 16.7. The van der Waals surface area contributed by atoms with Gasteiger partial charge in [-0.15, -0.1) is 0 Å². The van der Waals surface area contributed by atoms with E-state index >= 15 is 0 Å². The van der Waals surface area contributed by atoms with Gasteiger partial charge in [0, 0.05) is 21.9 Å². The van der Waals surface area contributed by atoms with Crippen molar-refractivity contribution in [2.75, 3.05) is 0 Å². The molecule has 0 unspecified atom stereocenters. The van der Waals surface area contributed by atoms with Crippen LogP contribution in [0.1, 0.15) is 27.7 Å². The Morgan fingerprint density at radius 1 is 0.679 bits per heavy atom. The van der Waals surface area contributed by atoms with Crippen LogP contribution in [0.3, 0.4) is 0 Å². The van der Waals surface area contributed by atoms with Crippen molar-refractivity contribution >= 4 is 34.4 Å². The summed E-state index contributed by atoms with van der Waals surface area (Å²) in [7, 11) is -0.388. The number of hydrogen-bond acceptors (Lipinski definition) is 2. The lowest BCUT2D eigenvalue weighted by Gasteiger charge is -2.32. The molecule has 2 heterocycles. The third-order valence-electron chi connectivity index (χ3n) is 6.30. The molecule has 0 saturated carbocycles. The third-order valence-corrected chi connectivity index (χ3v) is 6.30. The van der Waals surface area contributed by atoms with Gasteiger partial charge in [0.25, 0.3) is 0 Å². The van der Waals surface area contributed by atoms with Gasteiger partial charge in [-0.2, -0.15) is 0 Å². The Morgan fingerprint density at radius 2 is 1.29 bits per heavy atom. The van der Waals surface area contributed by atoms with Gasteiger partial charge in [-0.05, 0) is 44.8 Å². The van der Waals surface area contributed by atoms with Gasteiger partial charge in [-0.3, -0.25) is 0 Å². The summed E-state index contributed by atoms with van der Waals surface area (Å²) in [5.41, 5.74) is 4.94. The normalized spacial score (nSPS) is 18.2. The first-order valence-corrected chi connectivity index (χ1v) is 9.82. The molecule has 3 aromatic carbocycles. The van der Waals surface area contributed by atoms with Crippen LogP contribution >= 0.6 is 0 Å². The summed E-state index contributed by atoms with van der Waals surface area (Å²) in [4.78, 5) is 3.61. The largest absolute Gasteiger partial charge is 0.495 e. The number of aromatic nitrogens is 1. The predicted octanol–water partition coefficient (Wildman–Crippen LogP) is 5.29. The second kappa shape index (κ2) is 5.97. The maximum Gasteiger partial charge on any atom is 0.495 e. The summed E-state index contributed by atoms with van der Waals surface area (Å²) in [6, 6.07) is 23.3. The zero-order chi connectivity index (χ0) is 19.5. The molecule has 3 nitrogen and oxygen atoms in total. The minimum atomic E-state index is -0.388. The van der Waals surface area contributed by atoms with Gasteiger partial charge < -0.3 is 14.3 Å². The van der Waals surface area contributed by atoms with Crippen molar-refractivity contribution in [3.8, 4) is 11.1 Å². The monoisotopic (exact) mass is 369 g/mol. The summed E-state index contributed by atoms with van der Waals surface area (Å²) in [5, 5.41) is 2.48. The molecule has 1 N–H and O–H groups in total. The highest BCUT2D eigenvalue weighted by molar-refractivity contribution is 6.64. The number of H-pyrrole nitrogens is 1. The van der Waals surface area contributed by atoms with Crippen LogP contribution in [-0.2, 0) is 9.31 Å². The first kappa shape index (κ1) is 17.5. The predicted molar refractivity (Wildman–Crippen MR) is 117 cm³/mol. The van der Waals surface area contributed by atoms with Crippen molar-refractivity contribution in [1.82, 2.24) is 4.98 Å². The molecule has 0 amide bonds. The van der Waals surface area contributed by atoms with Crippen LogP contribution in [0.15, 0.2) is 66.7 Å². The molecule has 1 aliphatic heterocycles. The minimum Gasteiger partial charge on any atom is -0.399 e. The lowest BCUT2D eigenvalue weighted by Crippen LogP contribution is -2.41. The Morgan fingerprint density at radius 3 is 2.07 bits per heavy atom. The average Bonchev–Trinajstić information content (AvgIpc) is 3.15. The van der Waals surface area contributed by atoms with Crippen LogP contribution in [0.4, 0.5) is 0 Å². The van der Waals surface area contributed by atoms with Crippen LogP contribution in [0, 0.1) is 0 Å². The molecule has 0 aliphatic carbocycles. The molecule has 1 aromatic heterocycles. The highest BCUT2D eigenvalue weighted by atomic mass is 16.7. The van der Waals surface area contributed by atoms with Crippen molar-refractivity contribution in [1.29, 1.82) is 0 Å². The fourth-order valence-electron chi connectivity index (χ4n) is 4.02. The minimum absolute atomic E-state index is 0.363. The van der Waals surface area contributed by atoms with E-state index in [1.165, 1.54) is 16.3 Å². The van der Waals surface area contributed by atoms with Gasteiger partial charge in [0.05, 0.1) is 16.7 Å². The standard InChI is InChI=1S/C24H24BNO2/c1-23(2)24(3,4)28-25(27-23)20-14-7-5-10-16(20)18-12-9-13-19-17-11-6-8-15-21(17)26-22(18)19/h5-15,26H,1-4H3. The molecule has 4 aromatic rings. The molecule has 0 bridgehead atoms. The van der Waals surface area contributed by atoms with Crippen molar-refractivity contribution in [2.45, 2.75) is 38.9 Å². The first-order chi connectivity index (χ1) is 13.4. The van der Waals surface area contributed by atoms with E-state index in [9.17, 15) is 0 Å². The number of benzene rings is 3. The summed E-state index contributed by atoms with van der Waals surface area (Å²) in [5.74, 6) is 0. The number of aromatic amines is 1. The summed E-state index contributed by atoms with van der Waals surface area (Å²) < 4.78 is 12.7. The molecular formula is C24H24BNO2. The molecule has 28 heavy (non-hydrogen) atoms. The second-order valence-corrected chi connectivity index (χ2v) is 8.57. The highest BCUT2D eigenvalue weighted by Gasteiger charge is 2.52. The average molecular weight is 369 g/mol. The van der Waals surface area contributed by atoms with E-state index in [4.69, 9.17) is 9.31 Å². The zero-order valence-corrected chi connectivity index (χ0v) is 16.7. The fourth-order valence-corrected chi connectivity index (χ4v) is 4.02. The third kappa shape index (κ3) is 2.52. The van der Waals surface area contributed by atoms with E-state index in [1.54, 1.807) is 0 Å². The highest BCUT2D eigenvalue weighted by Crippen LogP contribution is 2.38. The van der Waals surface area contributed by atoms with Crippen LogP contribution in [0.25, 0.3) is 32.9 Å². The molecule has 0 atom stereocenters. The second-order valence-electron chi connectivity index (χ2n) is 8.57. The number of hydrogen-bond donors (Lipinski definition) is 1. The Bertz CT molecular complexity index is 1180. The summed E-state index contributed by atoms with van der Waals surface area (Å²) in [6.07, 6.45) is 0. The first-order valence-electron chi connectivity index (χ1n) is 9.82. The van der Waals surface area contributed by atoms with Gasteiger partial charge in [-0.25, -0.2) is 0 Å². The van der Waals surface area contributed by atoms with Crippen molar-refractivity contribution in [2.24, 2.45) is 0 Å². The molecule has 0 radical (unpaired) electrons. The van der Waals surface area contributed by atoms with E-state index in [0.717, 1.165) is 22.1 Å². The number of nitrogens with one attached hydrogen (secondary N) is 1. The Labute approximate surface area is 165 Å². The quantitative estimate of drug-likeness (QED) is 0.488. The van der Waals surface area contributed by atoms with Gasteiger partial charge in [0.15, 0.2) is 0 Å². The summed E-state index contributed by atoms with van der Waals surface area (Å²) in [6.45, 7) is 8.37. The maximum absolute atomic E-state index is 6.35.